The Hall–Kier alpha value is -5.19. The molecule has 204 valence electrons. The molecule has 0 saturated carbocycles. The number of para-hydroxylation sites is 1. The molecule has 3 heterocycles. The van der Waals surface area contributed by atoms with E-state index < -0.39 is 23.6 Å². The van der Waals surface area contributed by atoms with Gasteiger partial charge in [0, 0.05) is 29.5 Å². The van der Waals surface area contributed by atoms with E-state index in [9.17, 15) is 14.4 Å². The van der Waals surface area contributed by atoms with Gasteiger partial charge >= 0.3 is 6.09 Å². The van der Waals surface area contributed by atoms with E-state index in [1.165, 1.54) is 15.3 Å². The molecule has 0 unspecified atom stereocenters. The first kappa shape index (κ1) is 26.4. The molecular formula is C29H29N7O4. The van der Waals surface area contributed by atoms with Crippen molar-refractivity contribution < 1.29 is 14.3 Å². The molecule has 11 heteroatoms. The highest BCUT2D eigenvalue weighted by atomic mass is 16.6. The van der Waals surface area contributed by atoms with Crippen LogP contribution in [-0.2, 0) is 4.74 Å². The number of nitrogens with zero attached hydrogens (tertiary/aromatic N) is 4. The number of aromatic nitrogens is 4. The van der Waals surface area contributed by atoms with Crippen LogP contribution in [0.1, 0.15) is 49.8 Å². The van der Waals surface area contributed by atoms with Crippen molar-refractivity contribution in [1.29, 1.82) is 0 Å². The molecule has 4 N–H and O–H groups in total. The molecular weight excluding hydrogens is 510 g/mol. The number of carbonyl (C=O) groups is 2. The van der Waals surface area contributed by atoms with Crippen LogP contribution >= 0.6 is 0 Å². The Morgan fingerprint density at radius 1 is 1.05 bits per heavy atom. The number of pyridine rings is 1. The zero-order valence-corrected chi connectivity index (χ0v) is 22.5. The number of nitrogen functional groups attached to an aromatic ring is 1. The summed E-state index contributed by atoms with van der Waals surface area (Å²) in [6, 6.07) is 17.2. The van der Waals surface area contributed by atoms with E-state index in [2.05, 4.69) is 20.7 Å². The van der Waals surface area contributed by atoms with E-state index in [1.807, 2.05) is 36.4 Å². The summed E-state index contributed by atoms with van der Waals surface area (Å²) < 4.78 is 8.28. The number of anilines is 2. The molecule has 40 heavy (non-hydrogen) atoms. The lowest BCUT2D eigenvalue weighted by atomic mass is 10.1. The molecule has 0 bridgehead atoms. The highest BCUT2D eigenvalue weighted by Crippen LogP contribution is 2.26. The quantitative estimate of drug-likeness (QED) is 0.280. The molecule has 3 aromatic heterocycles. The van der Waals surface area contributed by atoms with Crippen LogP contribution in [0, 0.1) is 0 Å². The number of amides is 2. The molecule has 0 radical (unpaired) electrons. The monoisotopic (exact) mass is 539 g/mol. The normalized spacial score (nSPS) is 12.3. The number of nitrogens with one attached hydrogen (secondary N) is 2. The van der Waals surface area contributed by atoms with Crippen LogP contribution in [0.25, 0.3) is 22.1 Å². The maximum atomic E-state index is 13.7. The lowest BCUT2D eigenvalue weighted by Gasteiger charge is -2.21. The standard InChI is InChI=1S/C29H29N7O4/c1-17(21-16-18-10-8-13-20(30)22(18)27(38)36(21)19-11-6-5-7-12-19)32-26(37)23-24(33-28(39)40-29(2,3)4)34-35-15-9-14-31-25(23)35/h5-17H,30H2,1-4H3,(H,32,37)(H,33,34,39)/t17-/m0/s1. The molecule has 0 saturated heterocycles. The fraction of sp³-hybridized carbons (Fsp3) is 0.207. The topological polar surface area (TPSA) is 146 Å². The Balaban J connectivity index is 1.57. The second kappa shape index (κ2) is 10.2. The number of hydrogen-bond acceptors (Lipinski definition) is 7. The Labute approximate surface area is 229 Å². The van der Waals surface area contributed by atoms with Gasteiger partial charge in [-0.25, -0.2) is 14.3 Å². The molecule has 5 aromatic rings. The number of nitrogens with two attached hydrogens (primary N) is 1. The van der Waals surface area contributed by atoms with Crippen LogP contribution in [0.3, 0.4) is 0 Å². The number of hydrogen-bond donors (Lipinski definition) is 3. The Bertz CT molecular complexity index is 1800. The van der Waals surface area contributed by atoms with Gasteiger partial charge in [-0.2, -0.15) is 0 Å². The van der Waals surface area contributed by atoms with Crippen LogP contribution in [0.5, 0.6) is 0 Å². The molecule has 1 atom stereocenters. The van der Waals surface area contributed by atoms with Gasteiger partial charge in [-0.15, -0.1) is 5.10 Å². The molecule has 11 nitrogen and oxygen atoms in total. The Morgan fingerprint density at radius 3 is 2.52 bits per heavy atom. The van der Waals surface area contributed by atoms with E-state index in [-0.39, 0.29) is 22.6 Å². The number of fused-ring (bicyclic) bond motifs is 2. The molecule has 0 aliphatic carbocycles. The number of ether oxygens (including phenoxy) is 1. The zero-order chi connectivity index (χ0) is 28.6. The third-order valence-electron chi connectivity index (χ3n) is 6.15. The van der Waals surface area contributed by atoms with Crippen molar-refractivity contribution in [2.75, 3.05) is 11.1 Å². The first-order chi connectivity index (χ1) is 19.0. The van der Waals surface area contributed by atoms with E-state index in [4.69, 9.17) is 10.5 Å². The van der Waals surface area contributed by atoms with Gasteiger partial charge in [-0.05, 0) is 63.4 Å². The van der Waals surface area contributed by atoms with Crippen molar-refractivity contribution in [2.24, 2.45) is 0 Å². The summed E-state index contributed by atoms with van der Waals surface area (Å²) in [5.41, 5.74) is 6.94. The number of rotatable bonds is 5. The minimum absolute atomic E-state index is 0.00983. The van der Waals surface area contributed by atoms with Gasteiger partial charge in [0.05, 0.1) is 11.4 Å². The highest BCUT2D eigenvalue weighted by Gasteiger charge is 2.27. The largest absolute Gasteiger partial charge is 0.444 e. The van der Waals surface area contributed by atoms with Crippen LogP contribution < -0.4 is 21.9 Å². The Morgan fingerprint density at radius 2 is 1.80 bits per heavy atom. The summed E-state index contributed by atoms with van der Waals surface area (Å²) in [5.74, 6) is -0.559. The van der Waals surface area contributed by atoms with Crippen molar-refractivity contribution in [1.82, 2.24) is 24.5 Å². The van der Waals surface area contributed by atoms with Gasteiger partial charge < -0.3 is 15.8 Å². The maximum Gasteiger partial charge on any atom is 0.413 e. The second-order valence-corrected chi connectivity index (χ2v) is 10.3. The third-order valence-corrected chi connectivity index (χ3v) is 6.15. The average molecular weight is 540 g/mol. The van der Waals surface area contributed by atoms with E-state index in [1.54, 1.807) is 58.2 Å². The fourth-order valence-corrected chi connectivity index (χ4v) is 4.50. The lowest BCUT2D eigenvalue weighted by molar-refractivity contribution is 0.0635. The summed E-state index contributed by atoms with van der Waals surface area (Å²) in [6.07, 6.45) is 2.38. The van der Waals surface area contributed by atoms with Gasteiger partial charge in [-0.3, -0.25) is 19.5 Å². The summed E-state index contributed by atoms with van der Waals surface area (Å²) >= 11 is 0. The van der Waals surface area contributed by atoms with Crippen molar-refractivity contribution in [3.63, 3.8) is 0 Å². The first-order valence-corrected chi connectivity index (χ1v) is 12.7. The number of benzene rings is 2. The minimum atomic E-state index is -0.761. The van der Waals surface area contributed by atoms with E-state index in [0.29, 0.717) is 27.8 Å². The Kier molecular flexibility index (Phi) is 6.72. The average Bonchev–Trinajstić information content (AvgIpc) is 3.25. The van der Waals surface area contributed by atoms with Gasteiger partial charge in [0.1, 0.15) is 11.2 Å². The highest BCUT2D eigenvalue weighted by molar-refractivity contribution is 6.07. The summed E-state index contributed by atoms with van der Waals surface area (Å²) in [5, 5.41) is 10.9. The second-order valence-electron chi connectivity index (χ2n) is 10.3. The van der Waals surface area contributed by atoms with E-state index >= 15 is 0 Å². The maximum absolute atomic E-state index is 13.7. The lowest BCUT2D eigenvalue weighted by Crippen LogP contribution is -2.33. The van der Waals surface area contributed by atoms with Crippen molar-refractivity contribution in [2.45, 2.75) is 39.3 Å². The van der Waals surface area contributed by atoms with Crippen molar-refractivity contribution in [3.8, 4) is 5.69 Å². The first-order valence-electron chi connectivity index (χ1n) is 12.7. The van der Waals surface area contributed by atoms with Crippen LogP contribution in [0.2, 0.25) is 0 Å². The molecule has 5 rings (SSSR count). The summed E-state index contributed by atoms with van der Waals surface area (Å²) in [4.78, 5) is 44.3. The van der Waals surface area contributed by atoms with Gasteiger partial charge in [0.2, 0.25) is 0 Å². The van der Waals surface area contributed by atoms with E-state index in [0.717, 1.165) is 0 Å². The third kappa shape index (κ3) is 5.08. The van der Waals surface area contributed by atoms with Crippen molar-refractivity contribution in [3.05, 3.63) is 94.7 Å². The fourth-order valence-electron chi connectivity index (χ4n) is 4.50. The molecule has 0 fully saturated rings. The molecule has 2 amide bonds. The SMILES string of the molecule is C[C@H](NC(=O)c1c(NC(=O)OC(C)(C)C)nn2cccnc12)c1cc2cccc(N)c2c(=O)n1-c1ccccc1. The van der Waals surface area contributed by atoms with Gasteiger partial charge in [-0.1, -0.05) is 30.3 Å². The summed E-state index contributed by atoms with van der Waals surface area (Å²) in [7, 11) is 0. The van der Waals surface area contributed by atoms with Crippen molar-refractivity contribution >= 4 is 39.9 Å². The predicted molar refractivity (Wildman–Crippen MR) is 153 cm³/mol. The summed E-state index contributed by atoms with van der Waals surface area (Å²) in [6.45, 7) is 6.97. The van der Waals surface area contributed by atoms with Crippen LogP contribution in [0.15, 0.2) is 77.9 Å². The van der Waals surface area contributed by atoms with Crippen LogP contribution in [-0.4, -0.2) is 36.8 Å². The number of carbonyl (C=O) groups excluding carboxylic acids is 2. The van der Waals surface area contributed by atoms with Crippen LogP contribution in [0.4, 0.5) is 16.3 Å². The molecule has 2 aromatic carbocycles. The minimum Gasteiger partial charge on any atom is -0.444 e. The predicted octanol–water partition coefficient (Wildman–Crippen LogP) is 4.45. The molecule has 0 aliphatic rings. The van der Waals surface area contributed by atoms with Gasteiger partial charge in [0.25, 0.3) is 11.5 Å². The zero-order valence-electron chi connectivity index (χ0n) is 22.5. The van der Waals surface area contributed by atoms with Gasteiger partial charge in [0.15, 0.2) is 11.5 Å². The smallest absolute Gasteiger partial charge is 0.413 e. The molecule has 0 aliphatic heterocycles. The molecule has 0 spiro atoms.